The summed E-state index contributed by atoms with van der Waals surface area (Å²) < 4.78 is 5.28. The van der Waals surface area contributed by atoms with Crippen LogP contribution in [0.4, 0.5) is 0 Å². The van der Waals surface area contributed by atoms with Crippen LogP contribution in [-0.2, 0) is 23.9 Å². The molecule has 0 aliphatic carbocycles. The van der Waals surface area contributed by atoms with E-state index in [0.717, 1.165) is 11.3 Å². The number of aliphatic hydroxyl groups is 1. The molecule has 2 N–H and O–H groups in total. The Morgan fingerprint density at radius 1 is 1.13 bits per heavy atom. The Kier molecular flexibility index (Phi) is 17.7. The molecule has 1 heterocycles. The number of carbonyl (C=O) groups is 4. The molecule has 1 rings (SSSR count). The molecule has 0 aromatic heterocycles. The Bertz CT molecular complexity index is 567. The second-order valence-corrected chi connectivity index (χ2v) is 7.85. The van der Waals surface area contributed by atoms with E-state index in [2.05, 4.69) is 19.2 Å². The molecule has 1 aliphatic heterocycles. The molecule has 1 aliphatic rings. The van der Waals surface area contributed by atoms with Crippen LogP contribution in [-0.4, -0.2) is 65.4 Å². The van der Waals surface area contributed by atoms with Gasteiger partial charge in [-0.05, 0) is 26.2 Å². The second-order valence-electron chi connectivity index (χ2n) is 7.85. The largest absolute Gasteiger partial charge is 0.393 e. The van der Waals surface area contributed by atoms with Gasteiger partial charge >= 0.3 is 0 Å². The van der Waals surface area contributed by atoms with Crippen molar-refractivity contribution in [2.75, 3.05) is 26.3 Å². The third kappa shape index (κ3) is 16.3. The summed E-state index contributed by atoms with van der Waals surface area (Å²) in [6, 6.07) is 0. The van der Waals surface area contributed by atoms with Crippen LogP contribution in [0.5, 0.6) is 0 Å². The van der Waals surface area contributed by atoms with Crippen molar-refractivity contribution in [2.45, 2.75) is 79.8 Å². The third-order valence-electron chi connectivity index (χ3n) is 4.16. The van der Waals surface area contributed by atoms with E-state index in [-0.39, 0.29) is 43.1 Å². The first-order valence-electron chi connectivity index (χ1n) is 11.1. The summed E-state index contributed by atoms with van der Waals surface area (Å²) in [5.74, 6) is -0.0712. The van der Waals surface area contributed by atoms with E-state index in [1.54, 1.807) is 13.8 Å². The monoisotopic (exact) mass is 442 g/mol. The van der Waals surface area contributed by atoms with Crippen LogP contribution in [0.1, 0.15) is 74.1 Å². The number of aliphatic hydroxyl groups excluding tert-OH is 1. The Morgan fingerprint density at radius 2 is 1.68 bits per heavy atom. The van der Waals surface area contributed by atoms with Gasteiger partial charge in [-0.1, -0.05) is 34.6 Å². The number of hydrogen-bond donors (Lipinski definition) is 2. The van der Waals surface area contributed by atoms with E-state index in [1.165, 1.54) is 12.2 Å². The van der Waals surface area contributed by atoms with Gasteiger partial charge in [-0.3, -0.25) is 24.1 Å². The lowest BCUT2D eigenvalue weighted by Crippen LogP contribution is -2.35. The molecular formula is C23H42N2O6. The van der Waals surface area contributed by atoms with E-state index in [9.17, 15) is 19.2 Å². The van der Waals surface area contributed by atoms with Gasteiger partial charge in [0.05, 0.1) is 18.8 Å². The molecular weight excluding hydrogens is 400 g/mol. The number of nitrogens with one attached hydrogen (secondary N) is 1. The summed E-state index contributed by atoms with van der Waals surface area (Å²) in [5, 5.41) is 11.6. The molecule has 31 heavy (non-hydrogen) atoms. The number of carbonyl (C=O) groups excluding carboxylic acids is 4. The van der Waals surface area contributed by atoms with Crippen LogP contribution in [0.15, 0.2) is 12.2 Å². The topological polar surface area (TPSA) is 113 Å². The summed E-state index contributed by atoms with van der Waals surface area (Å²) in [6.45, 7) is 14.8. The van der Waals surface area contributed by atoms with E-state index < -0.39 is 5.60 Å². The highest BCUT2D eigenvalue weighted by atomic mass is 16.5. The highest BCUT2D eigenvalue weighted by Gasteiger charge is 2.23. The van der Waals surface area contributed by atoms with E-state index in [1.807, 2.05) is 20.8 Å². The summed E-state index contributed by atoms with van der Waals surface area (Å²) in [4.78, 5) is 45.7. The van der Waals surface area contributed by atoms with E-state index in [4.69, 9.17) is 9.84 Å². The van der Waals surface area contributed by atoms with Crippen molar-refractivity contribution < 1.29 is 29.0 Å². The molecule has 8 nitrogen and oxygen atoms in total. The fourth-order valence-corrected chi connectivity index (χ4v) is 2.12. The Morgan fingerprint density at radius 3 is 2.13 bits per heavy atom. The number of Topliss-reactive ketones (excluding diaryl/α,β-unsaturated/α-hetero) is 1. The van der Waals surface area contributed by atoms with Gasteiger partial charge in [0, 0.05) is 44.5 Å². The molecule has 180 valence electrons. The minimum Gasteiger partial charge on any atom is -0.393 e. The smallest absolute Gasteiger partial charge is 0.253 e. The third-order valence-corrected chi connectivity index (χ3v) is 4.16. The molecule has 3 amide bonds. The zero-order valence-electron chi connectivity index (χ0n) is 20.3. The lowest BCUT2D eigenvalue weighted by Gasteiger charge is -2.21. The zero-order valence-corrected chi connectivity index (χ0v) is 20.3. The average Bonchev–Trinajstić information content (AvgIpc) is 3.05. The number of ketones is 1. The first-order valence-corrected chi connectivity index (χ1v) is 11.1. The molecule has 0 aromatic carbocycles. The lowest BCUT2D eigenvalue weighted by molar-refractivity contribution is -0.137. The predicted molar refractivity (Wildman–Crippen MR) is 121 cm³/mol. The molecule has 0 saturated heterocycles. The van der Waals surface area contributed by atoms with Crippen LogP contribution in [0, 0.1) is 5.92 Å². The molecule has 8 heteroatoms. The highest BCUT2D eigenvalue weighted by Crippen LogP contribution is 2.08. The summed E-state index contributed by atoms with van der Waals surface area (Å²) in [7, 11) is 0. The minimum atomic E-state index is -0.520. The van der Waals surface area contributed by atoms with Crippen molar-refractivity contribution in [3.05, 3.63) is 12.2 Å². The quantitative estimate of drug-likeness (QED) is 0.449. The maximum atomic E-state index is 11.4. The molecule has 0 atom stereocenters. The van der Waals surface area contributed by atoms with Crippen LogP contribution >= 0.6 is 0 Å². The maximum Gasteiger partial charge on any atom is 0.253 e. The number of imide groups is 1. The van der Waals surface area contributed by atoms with Crippen molar-refractivity contribution in [3.8, 4) is 0 Å². The summed E-state index contributed by atoms with van der Waals surface area (Å²) in [5.41, 5.74) is -0.520. The first kappa shape index (κ1) is 31.1. The standard InChI is InChI=1S/C12H18N2O3.C9H18O3.C2H6/c1-9(2)5-7-13-10(15)6-8-14-11(16)3-4-12(14)17;1-4-8(11)5-6-12-9(2,3)7-10;1-2/h3-4,9H,5-8H2,1-2H3,(H,13,15);10H,4-7H2,1-3H3;1-2H3. The van der Waals surface area contributed by atoms with Crippen molar-refractivity contribution in [3.63, 3.8) is 0 Å². The fourth-order valence-electron chi connectivity index (χ4n) is 2.12. The van der Waals surface area contributed by atoms with Gasteiger partial charge < -0.3 is 15.2 Å². The maximum absolute atomic E-state index is 11.4. The van der Waals surface area contributed by atoms with Crippen LogP contribution in [0.2, 0.25) is 0 Å². The van der Waals surface area contributed by atoms with Gasteiger partial charge in [0.1, 0.15) is 5.78 Å². The van der Waals surface area contributed by atoms with E-state index >= 15 is 0 Å². The average molecular weight is 443 g/mol. The highest BCUT2D eigenvalue weighted by molar-refractivity contribution is 6.13. The number of amides is 3. The number of nitrogens with zero attached hydrogens (tertiary/aromatic N) is 1. The van der Waals surface area contributed by atoms with Gasteiger partial charge in [0.2, 0.25) is 5.91 Å². The van der Waals surface area contributed by atoms with Crippen molar-refractivity contribution in [2.24, 2.45) is 5.92 Å². The van der Waals surface area contributed by atoms with Crippen LogP contribution in [0.25, 0.3) is 0 Å². The lowest BCUT2D eigenvalue weighted by atomic mass is 10.1. The van der Waals surface area contributed by atoms with Gasteiger partial charge in [0.25, 0.3) is 11.8 Å². The van der Waals surface area contributed by atoms with Crippen molar-refractivity contribution in [1.82, 2.24) is 10.2 Å². The van der Waals surface area contributed by atoms with Gasteiger partial charge in [-0.15, -0.1) is 0 Å². The Labute approximate surface area is 187 Å². The summed E-state index contributed by atoms with van der Waals surface area (Å²) in [6.07, 6.45) is 4.53. The molecule has 0 saturated carbocycles. The molecule has 0 spiro atoms. The molecule has 0 fully saturated rings. The van der Waals surface area contributed by atoms with Crippen LogP contribution < -0.4 is 5.32 Å². The fraction of sp³-hybridized carbons (Fsp3) is 0.739. The Hall–Kier alpha value is -2.06. The SMILES string of the molecule is CC.CC(C)CCNC(=O)CCN1C(=O)C=CC1=O.CCC(=O)CCOC(C)(C)CO. The first-order chi connectivity index (χ1) is 14.5. The number of rotatable bonds is 12. The zero-order chi connectivity index (χ0) is 24.4. The molecule has 0 radical (unpaired) electrons. The molecule has 0 aromatic rings. The predicted octanol–water partition coefficient (Wildman–Crippen LogP) is 2.63. The number of hydrogen-bond acceptors (Lipinski definition) is 6. The van der Waals surface area contributed by atoms with Gasteiger partial charge in [-0.25, -0.2) is 0 Å². The van der Waals surface area contributed by atoms with E-state index in [0.29, 0.717) is 31.9 Å². The van der Waals surface area contributed by atoms with Gasteiger partial charge in [-0.2, -0.15) is 0 Å². The van der Waals surface area contributed by atoms with Crippen molar-refractivity contribution in [1.29, 1.82) is 0 Å². The normalized spacial score (nSPS) is 12.9. The van der Waals surface area contributed by atoms with Crippen molar-refractivity contribution >= 4 is 23.5 Å². The summed E-state index contributed by atoms with van der Waals surface area (Å²) >= 11 is 0. The second kappa shape index (κ2) is 17.6. The van der Waals surface area contributed by atoms with Gasteiger partial charge in [0.15, 0.2) is 0 Å². The molecule has 0 bridgehead atoms. The Balaban J connectivity index is 0. The number of ether oxygens (including phenoxy) is 1. The van der Waals surface area contributed by atoms with Crippen LogP contribution in [0.3, 0.4) is 0 Å². The molecule has 0 unspecified atom stereocenters. The minimum absolute atomic E-state index is 0.0205.